The summed E-state index contributed by atoms with van der Waals surface area (Å²) >= 11 is 0. The van der Waals surface area contributed by atoms with Crippen LogP contribution < -0.4 is 0 Å². The number of hydrogen-bond acceptors (Lipinski definition) is 6. The first-order valence-corrected chi connectivity index (χ1v) is 8.22. The molecule has 0 aliphatic rings. The number of fused-ring (bicyclic) bond motifs is 1. The lowest BCUT2D eigenvalue weighted by Crippen LogP contribution is -1.96. The van der Waals surface area contributed by atoms with Gasteiger partial charge in [-0.25, -0.2) is 0 Å². The predicted molar refractivity (Wildman–Crippen MR) is 87.7 cm³/mol. The molecule has 0 bridgehead atoms. The van der Waals surface area contributed by atoms with E-state index >= 15 is 0 Å². The van der Waals surface area contributed by atoms with Crippen LogP contribution in [0.5, 0.6) is 11.5 Å². The summed E-state index contributed by atoms with van der Waals surface area (Å²) in [6, 6.07) is 13.2. The van der Waals surface area contributed by atoms with Crippen LogP contribution in [0.25, 0.3) is 10.8 Å². The maximum Gasteiger partial charge on any atom is 0.294 e. The van der Waals surface area contributed by atoms with Gasteiger partial charge >= 0.3 is 0 Å². The Kier molecular flexibility index (Phi) is 3.92. The fourth-order valence-corrected chi connectivity index (χ4v) is 2.68. The Hall–Kier alpha value is -2.97. The molecule has 0 aliphatic heterocycles. The zero-order valence-electron chi connectivity index (χ0n) is 12.2. The van der Waals surface area contributed by atoms with Crippen LogP contribution in [0.2, 0.25) is 0 Å². The summed E-state index contributed by atoms with van der Waals surface area (Å²) in [7, 11) is -4.41. The van der Waals surface area contributed by atoms with Crippen molar-refractivity contribution in [1.82, 2.24) is 0 Å². The van der Waals surface area contributed by atoms with Gasteiger partial charge in [-0.3, -0.25) is 4.55 Å². The Bertz CT molecular complexity index is 1060. The first kappa shape index (κ1) is 15.9. The Balaban J connectivity index is 2.08. The van der Waals surface area contributed by atoms with Crippen molar-refractivity contribution < 1.29 is 23.2 Å². The van der Waals surface area contributed by atoms with Crippen LogP contribution >= 0.6 is 0 Å². The molecular formula is C16H12N2O5S. The molecule has 8 heteroatoms. The van der Waals surface area contributed by atoms with E-state index in [1.165, 1.54) is 6.07 Å². The lowest BCUT2D eigenvalue weighted by atomic mass is 10.1. The third-order valence-electron chi connectivity index (χ3n) is 3.35. The van der Waals surface area contributed by atoms with Gasteiger partial charge in [-0.1, -0.05) is 18.2 Å². The van der Waals surface area contributed by atoms with Gasteiger partial charge in [0.2, 0.25) is 0 Å². The number of benzene rings is 3. The molecule has 0 aromatic heterocycles. The molecule has 0 saturated heterocycles. The van der Waals surface area contributed by atoms with Gasteiger partial charge in [0.25, 0.3) is 10.1 Å². The Morgan fingerprint density at radius 1 is 0.833 bits per heavy atom. The number of hydrogen-bond donors (Lipinski definition) is 3. The highest BCUT2D eigenvalue weighted by Gasteiger charge is 2.12. The number of nitrogens with zero attached hydrogens (tertiary/aromatic N) is 2. The summed E-state index contributed by atoms with van der Waals surface area (Å²) in [6.45, 7) is 0. The fourth-order valence-electron chi connectivity index (χ4n) is 2.18. The van der Waals surface area contributed by atoms with Gasteiger partial charge in [-0.05, 0) is 41.8 Å². The SMILES string of the molecule is O=S(=O)(O)c1ccc(O)c(N=Nc2cccc3ccc(O)cc23)c1. The Morgan fingerprint density at radius 3 is 2.33 bits per heavy atom. The van der Waals surface area contributed by atoms with E-state index in [0.29, 0.717) is 11.1 Å². The normalized spacial score (nSPS) is 12.0. The molecule has 24 heavy (non-hydrogen) atoms. The van der Waals surface area contributed by atoms with Crippen molar-refractivity contribution in [3.05, 3.63) is 54.6 Å². The van der Waals surface area contributed by atoms with E-state index in [1.54, 1.807) is 24.3 Å². The van der Waals surface area contributed by atoms with Crippen molar-refractivity contribution in [3.8, 4) is 11.5 Å². The topological polar surface area (TPSA) is 120 Å². The standard InChI is InChI=1S/C16H12N2O5S/c19-11-5-4-10-2-1-3-14(13(10)8-11)17-18-15-9-12(24(21,22)23)6-7-16(15)20/h1-9,19-20H,(H,21,22,23). The average molecular weight is 344 g/mol. The highest BCUT2D eigenvalue weighted by molar-refractivity contribution is 7.85. The average Bonchev–Trinajstić information content (AvgIpc) is 2.53. The molecule has 3 aromatic rings. The third-order valence-corrected chi connectivity index (χ3v) is 4.20. The third kappa shape index (κ3) is 3.19. The van der Waals surface area contributed by atoms with Gasteiger partial charge in [-0.15, -0.1) is 10.2 Å². The monoisotopic (exact) mass is 344 g/mol. The van der Waals surface area contributed by atoms with Gasteiger partial charge in [-0.2, -0.15) is 8.42 Å². The van der Waals surface area contributed by atoms with Gasteiger partial charge in [0.15, 0.2) is 0 Å². The lowest BCUT2D eigenvalue weighted by molar-refractivity contribution is 0.473. The molecule has 0 fully saturated rings. The molecule has 0 aliphatic carbocycles. The molecule has 0 atom stereocenters. The second-order valence-corrected chi connectivity index (χ2v) is 6.43. The number of phenols is 2. The summed E-state index contributed by atoms with van der Waals surface area (Å²) in [5, 5.41) is 28.7. The van der Waals surface area contributed by atoms with Crippen molar-refractivity contribution in [2.75, 3.05) is 0 Å². The maximum absolute atomic E-state index is 11.2. The lowest BCUT2D eigenvalue weighted by Gasteiger charge is -2.03. The van der Waals surface area contributed by atoms with Crippen LogP contribution in [-0.4, -0.2) is 23.2 Å². The molecule has 0 heterocycles. The molecular weight excluding hydrogens is 332 g/mol. The molecule has 0 spiro atoms. The molecule has 0 radical (unpaired) electrons. The van der Waals surface area contributed by atoms with Gasteiger partial charge in [0, 0.05) is 5.39 Å². The minimum absolute atomic E-state index is 0.0707. The smallest absolute Gasteiger partial charge is 0.294 e. The second-order valence-electron chi connectivity index (χ2n) is 5.01. The predicted octanol–water partition coefficient (Wildman–Crippen LogP) is 3.91. The van der Waals surface area contributed by atoms with E-state index in [0.717, 1.165) is 23.6 Å². The van der Waals surface area contributed by atoms with Crippen LogP contribution in [0.15, 0.2) is 69.7 Å². The van der Waals surface area contributed by atoms with Crippen molar-refractivity contribution in [2.24, 2.45) is 10.2 Å². The van der Waals surface area contributed by atoms with Gasteiger partial charge < -0.3 is 10.2 Å². The first-order valence-electron chi connectivity index (χ1n) is 6.78. The van der Waals surface area contributed by atoms with Gasteiger partial charge in [0.1, 0.15) is 17.2 Å². The summed E-state index contributed by atoms with van der Waals surface area (Å²) in [6.07, 6.45) is 0. The van der Waals surface area contributed by atoms with E-state index < -0.39 is 15.0 Å². The summed E-state index contributed by atoms with van der Waals surface area (Å²) in [5.41, 5.74) is 0.322. The molecule has 122 valence electrons. The van der Waals surface area contributed by atoms with Crippen molar-refractivity contribution in [3.63, 3.8) is 0 Å². The van der Waals surface area contributed by atoms with Crippen LogP contribution in [0.1, 0.15) is 0 Å². The minimum Gasteiger partial charge on any atom is -0.508 e. The van der Waals surface area contributed by atoms with E-state index in [-0.39, 0.29) is 17.2 Å². The molecule has 3 rings (SSSR count). The van der Waals surface area contributed by atoms with Crippen molar-refractivity contribution in [2.45, 2.75) is 4.90 Å². The first-order chi connectivity index (χ1) is 11.3. The number of rotatable bonds is 3. The summed E-state index contributed by atoms with van der Waals surface area (Å²) in [4.78, 5) is -0.398. The largest absolute Gasteiger partial charge is 0.508 e. The Labute approximate surface area is 137 Å². The zero-order chi connectivity index (χ0) is 17.3. The number of phenolic OH excluding ortho intramolecular Hbond substituents is 2. The van der Waals surface area contributed by atoms with Crippen LogP contribution in [0.3, 0.4) is 0 Å². The maximum atomic E-state index is 11.2. The van der Waals surface area contributed by atoms with Crippen LogP contribution in [0, 0.1) is 0 Å². The van der Waals surface area contributed by atoms with Crippen LogP contribution in [0.4, 0.5) is 11.4 Å². The molecule has 7 nitrogen and oxygen atoms in total. The molecule has 3 N–H and O–H groups in total. The summed E-state index contributed by atoms with van der Waals surface area (Å²) in [5.74, 6) is -0.212. The quantitative estimate of drug-likeness (QED) is 0.491. The second kappa shape index (κ2) is 5.91. The van der Waals surface area contributed by atoms with E-state index in [4.69, 9.17) is 4.55 Å². The zero-order valence-corrected chi connectivity index (χ0v) is 13.0. The highest BCUT2D eigenvalue weighted by Crippen LogP contribution is 2.33. The molecule has 3 aromatic carbocycles. The minimum atomic E-state index is -4.41. The highest BCUT2D eigenvalue weighted by atomic mass is 32.2. The summed E-state index contributed by atoms with van der Waals surface area (Å²) < 4.78 is 31.4. The van der Waals surface area contributed by atoms with E-state index in [2.05, 4.69) is 10.2 Å². The Morgan fingerprint density at radius 2 is 1.58 bits per heavy atom. The molecule has 0 saturated carbocycles. The van der Waals surface area contributed by atoms with E-state index in [9.17, 15) is 18.6 Å². The van der Waals surface area contributed by atoms with Gasteiger partial charge in [0.05, 0.1) is 10.6 Å². The fraction of sp³-hybridized carbons (Fsp3) is 0. The molecule has 0 unspecified atom stereocenters. The number of aromatic hydroxyl groups is 2. The van der Waals surface area contributed by atoms with Crippen LogP contribution in [-0.2, 0) is 10.1 Å². The van der Waals surface area contributed by atoms with Crippen molar-refractivity contribution >= 4 is 32.3 Å². The molecule has 0 amide bonds. The number of azo groups is 1. The van der Waals surface area contributed by atoms with E-state index in [1.807, 2.05) is 6.07 Å². The van der Waals surface area contributed by atoms with Crippen molar-refractivity contribution in [1.29, 1.82) is 0 Å².